The molecule has 9 heteroatoms. The number of anilines is 1. The van der Waals surface area contributed by atoms with Gasteiger partial charge in [-0.1, -0.05) is 0 Å². The van der Waals surface area contributed by atoms with E-state index >= 15 is 0 Å². The third-order valence-corrected chi connectivity index (χ3v) is 5.45. The molecule has 4 rings (SSSR count). The third kappa shape index (κ3) is 2.70. The van der Waals surface area contributed by atoms with E-state index in [-0.39, 0.29) is 21.7 Å². The minimum Gasteiger partial charge on any atom is -0.486 e. The summed E-state index contributed by atoms with van der Waals surface area (Å²) in [6, 6.07) is 7.79. The molecule has 0 unspecified atom stereocenters. The summed E-state index contributed by atoms with van der Waals surface area (Å²) in [7, 11) is -0.590. The van der Waals surface area contributed by atoms with Gasteiger partial charge in [-0.3, -0.25) is 0 Å². The van der Waals surface area contributed by atoms with Crippen molar-refractivity contribution >= 4 is 15.7 Å². The number of nitrogens with zero attached hydrogens (tertiary/aromatic N) is 2. The van der Waals surface area contributed by atoms with Gasteiger partial charge in [-0.2, -0.15) is 4.98 Å². The van der Waals surface area contributed by atoms with Gasteiger partial charge in [-0.25, -0.2) is 8.42 Å². The molecule has 136 valence electrons. The Bertz CT molecular complexity index is 1040. The molecule has 1 aliphatic rings. The number of ether oxygens (including phenoxy) is 2. The number of fused-ring (bicyclic) bond motifs is 1. The van der Waals surface area contributed by atoms with Crippen LogP contribution in [-0.4, -0.2) is 40.7 Å². The monoisotopic (exact) mass is 376 g/mol. The Morgan fingerprint density at radius 3 is 2.54 bits per heavy atom. The average Bonchev–Trinajstić information content (AvgIpc) is 3.30. The van der Waals surface area contributed by atoms with Gasteiger partial charge in [0, 0.05) is 20.2 Å². The lowest BCUT2D eigenvalue weighted by Crippen LogP contribution is -2.16. The smallest absolute Gasteiger partial charge is 0.266 e. The molecule has 0 atom stereocenters. The van der Waals surface area contributed by atoms with E-state index in [9.17, 15) is 8.42 Å². The average molecular weight is 376 g/mol. The molecule has 0 bridgehead atoms. The van der Waals surface area contributed by atoms with Crippen LogP contribution in [0.15, 0.2) is 55.4 Å². The van der Waals surface area contributed by atoms with Crippen LogP contribution in [0.25, 0.3) is 11.7 Å². The maximum Gasteiger partial charge on any atom is 0.266 e. The minimum absolute atomic E-state index is 0.0455. The van der Waals surface area contributed by atoms with Gasteiger partial charge in [0.15, 0.2) is 17.3 Å². The second-order valence-electron chi connectivity index (χ2n) is 5.81. The van der Waals surface area contributed by atoms with E-state index in [0.29, 0.717) is 30.5 Å². The van der Waals surface area contributed by atoms with E-state index in [1.807, 2.05) is 0 Å². The van der Waals surface area contributed by atoms with Gasteiger partial charge in [-0.15, -0.1) is 0 Å². The van der Waals surface area contributed by atoms with Crippen LogP contribution in [0.1, 0.15) is 0 Å². The first kappa shape index (κ1) is 16.5. The SMILES string of the molecule is CN(C)c1oc(-c2ccco2)nc1S(=O)(=O)c1ccc2c(c1)OCCO2. The standard InChI is InChI=1S/C17H16N2O6S/c1-19(2)17-16(18-15(25-17)13-4-3-7-22-13)26(20,21)11-5-6-12-14(10-11)24-9-8-23-12/h3-7,10H,8-9H2,1-2H3. The molecule has 0 saturated carbocycles. The van der Waals surface area contributed by atoms with Crippen molar-refractivity contribution in [3.8, 4) is 23.1 Å². The highest BCUT2D eigenvalue weighted by Crippen LogP contribution is 2.37. The van der Waals surface area contributed by atoms with Gasteiger partial charge >= 0.3 is 0 Å². The van der Waals surface area contributed by atoms with Crippen molar-refractivity contribution in [2.45, 2.75) is 9.92 Å². The summed E-state index contributed by atoms with van der Waals surface area (Å²) in [6.07, 6.45) is 1.46. The molecule has 0 fully saturated rings. The largest absolute Gasteiger partial charge is 0.486 e. The zero-order valence-electron chi connectivity index (χ0n) is 14.1. The highest BCUT2D eigenvalue weighted by Gasteiger charge is 2.31. The van der Waals surface area contributed by atoms with Crippen molar-refractivity contribution in [3.63, 3.8) is 0 Å². The van der Waals surface area contributed by atoms with Gasteiger partial charge in [0.1, 0.15) is 13.2 Å². The summed E-state index contributed by atoms with van der Waals surface area (Å²) in [6.45, 7) is 0.797. The van der Waals surface area contributed by atoms with E-state index in [1.165, 1.54) is 18.4 Å². The Kier molecular flexibility index (Phi) is 3.87. The Labute approximate surface area is 149 Å². The molecular weight excluding hydrogens is 360 g/mol. The molecule has 0 spiro atoms. The van der Waals surface area contributed by atoms with Gasteiger partial charge in [0.05, 0.1) is 11.2 Å². The second-order valence-corrected chi connectivity index (χ2v) is 7.67. The molecule has 26 heavy (non-hydrogen) atoms. The molecule has 1 aliphatic heterocycles. The Balaban J connectivity index is 1.83. The maximum absolute atomic E-state index is 13.2. The summed E-state index contributed by atoms with van der Waals surface area (Å²) < 4.78 is 48.1. The number of aromatic nitrogens is 1. The van der Waals surface area contributed by atoms with E-state index in [4.69, 9.17) is 18.3 Å². The lowest BCUT2D eigenvalue weighted by molar-refractivity contribution is 0.171. The van der Waals surface area contributed by atoms with Crippen LogP contribution in [0, 0.1) is 0 Å². The summed E-state index contributed by atoms with van der Waals surface area (Å²) in [5.74, 6) is 1.45. The lowest BCUT2D eigenvalue weighted by atomic mass is 10.3. The van der Waals surface area contributed by atoms with Gasteiger partial charge < -0.3 is 23.2 Å². The molecule has 1 aromatic carbocycles. The maximum atomic E-state index is 13.2. The molecule has 0 amide bonds. The summed E-state index contributed by atoms with van der Waals surface area (Å²) in [5.41, 5.74) is 0. The van der Waals surface area contributed by atoms with E-state index in [2.05, 4.69) is 4.98 Å². The van der Waals surface area contributed by atoms with Gasteiger partial charge in [0.2, 0.25) is 20.7 Å². The Hall–Kier alpha value is -2.94. The fraction of sp³-hybridized carbons (Fsp3) is 0.235. The predicted octanol–water partition coefficient (Wildman–Crippen LogP) is 2.60. The van der Waals surface area contributed by atoms with Crippen molar-refractivity contribution in [2.24, 2.45) is 0 Å². The first-order valence-electron chi connectivity index (χ1n) is 7.83. The number of furan rings is 1. The minimum atomic E-state index is -3.94. The molecule has 3 heterocycles. The number of sulfone groups is 1. The first-order valence-corrected chi connectivity index (χ1v) is 9.32. The lowest BCUT2D eigenvalue weighted by Gasteiger charge is -2.18. The predicted molar refractivity (Wildman–Crippen MR) is 91.4 cm³/mol. The van der Waals surface area contributed by atoms with Crippen LogP contribution in [0.5, 0.6) is 11.5 Å². The van der Waals surface area contributed by atoms with Crippen LogP contribution in [0.4, 0.5) is 5.88 Å². The fourth-order valence-electron chi connectivity index (χ4n) is 2.56. The van der Waals surface area contributed by atoms with Crippen molar-refractivity contribution in [3.05, 3.63) is 36.6 Å². The Morgan fingerprint density at radius 2 is 1.85 bits per heavy atom. The topological polar surface area (TPSA) is 95.0 Å². The van der Waals surface area contributed by atoms with Crippen molar-refractivity contribution in [1.29, 1.82) is 0 Å². The summed E-state index contributed by atoms with van der Waals surface area (Å²) in [4.78, 5) is 5.76. The van der Waals surface area contributed by atoms with E-state index in [0.717, 1.165) is 0 Å². The normalized spacial score (nSPS) is 13.6. The highest BCUT2D eigenvalue weighted by molar-refractivity contribution is 7.91. The van der Waals surface area contributed by atoms with E-state index in [1.54, 1.807) is 37.2 Å². The summed E-state index contributed by atoms with van der Waals surface area (Å²) >= 11 is 0. The van der Waals surface area contributed by atoms with Crippen LogP contribution in [-0.2, 0) is 9.84 Å². The van der Waals surface area contributed by atoms with Crippen molar-refractivity contribution < 1.29 is 26.7 Å². The van der Waals surface area contributed by atoms with Gasteiger partial charge in [0.25, 0.3) is 5.89 Å². The molecule has 0 N–H and O–H groups in total. The van der Waals surface area contributed by atoms with E-state index < -0.39 is 9.84 Å². The Morgan fingerprint density at radius 1 is 1.08 bits per heavy atom. The number of benzene rings is 1. The molecule has 0 aliphatic carbocycles. The molecule has 0 radical (unpaired) electrons. The third-order valence-electron chi connectivity index (χ3n) is 3.80. The van der Waals surface area contributed by atoms with Crippen LogP contribution in [0.3, 0.4) is 0 Å². The van der Waals surface area contributed by atoms with Crippen LogP contribution < -0.4 is 14.4 Å². The van der Waals surface area contributed by atoms with Crippen LogP contribution >= 0.6 is 0 Å². The number of hydrogen-bond acceptors (Lipinski definition) is 8. The fourth-order valence-corrected chi connectivity index (χ4v) is 3.95. The van der Waals surface area contributed by atoms with Gasteiger partial charge in [-0.05, 0) is 24.3 Å². The van der Waals surface area contributed by atoms with Crippen molar-refractivity contribution in [2.75, 3.05) is 32.2 Å². The number of rotatable bonds is 4. The van der Waals surface area contributed by atoms with Crippen molar-refractivity contribution in [1.82, 2.24) is 4.98 Å². The molecule has 8 nitrogen and oxygen atoms in total. The summed E-state index contributed by atoms with van der Waals surface area (Å²) in [5, 5.41) is -0.189. The first-order chi connectivity index (χ1) is 12.5. The second kappa shape index (κ2) is 6.10. The molecule has 2 aromatic heterocycles. The van der Waals surface area contributed by atoms with Crippen LogP contribution in [0.2, 0.25) is 0 Å². The quantitative estimate of drug-likeness (QED) is 0.686. The molecular formula is C17H16N2O6S. The zero-order valence-corrected chi connectivity index (χ0v) is 14.9. The molecule has 3 aromatic rings. The number of oxazole rings is 1. The number of hydrogen-bond donors (Lipinski definition) is 0. The molecule has 0 saturated heterocycles. The zero-order chi connectivity index (χ0) is 18.3. The highest BCUT2D eigenvalue weighted by atomic mass is 32.2.